The highest BCUT2D eigenvalue weighted by Gasteiger charge is 2.70. The lowest BCUT2D eigenvalue weighted by Crippen LogP contribution is -2.36. The van der Waals surface area contributed by atoms with Crippen LogP contribution in [0.3, 0.4) is 0 Å². The number of hydrogen-bond acceptors (Lipinski definition) is 1. The second-order valence-electron chi connectivity index (χ2n) is 7.78. The summed E-state index contributed by atoms with van der Waals surface area (Å²) in [4.78, 5) is 12.3. The molecule has 1 nitrogen and oxygen atoms in total. The van der Waals surface area contributed by atoms with Gasteiger partial charge in [-0.2, -0.15) is 0 Å². The quantitative estimate of drug-likeness (QED) is 0.606. The smallest absolute Gasteiger partial charge is 0.137 e. The van der Waals surface area contributed by atoms with E-state index in [0.717, 1.165) is 18.8 Å². The van der Waals surface area contributed by atoms with Crippen molar-refractivity contribution in [1.29, 1.82) is 0 Å². The van der Waals surface area contributed by atoms with Gasteiger partial charge in [-0.05, 0) is 47.8 Å². The highest BCUT2D eigenvalue weighted by molar-refractivity contribution is 5.86. The van der Waals surface area contributed by atoms with E-state index in [9.17, 15) is 4.79 Å². The summed E-state index contributed by atoms with van der Waals surface area (Å²) in [7, 11) is 0. The van der Waals surface area contributed by atoms with Crippen LogP contribution in [0.25, 0.3) is 0 Å². The molecule has 3 fully saturated rings. The molecule has 3 aliphatic carbocycles. The van der Waals surface area contributed by atoms with Gasteiger partial charge in [0.1, 0.15) is 5.78 Å². The van der Waals surface area contributed by atoms with Gasteiger partial charge in [0.25, 0.3) is 0 Å². The average molecular weight is 220 g/mol. The summed E-state index contributed by atoms with van der Waals surface area (Å²) in [6, 6.07) is 0. The topological polar surface area (TPSA) is 17.1 Å². The predicted molar refractivity (Wildman–Crippen MR) is 65.1 cm³/mol. The molecule has 0 aromatic carbocycles. The molecule has 1 unspecified atom stereocenters. The van der Waals surface area contributed by atoms with Crippen LogP contribution in [0, 0.1) is 28.1 Å². The number of Topliss-reactive ketones (excluding diaryl/α,β-unsaturated/α-hetero) is 1. The minimum Gasteiger partial charge on any atom is -0.299 e. The van der Waals surface area contributed by atoms with Gasteiger partial charge in [0, 0.05) is 12.3 Å². The summed E-state index contributed by atoms with van der Waals surface area (Å²) in [5.74, 6) is 1.74. The molecule has 0 heterocycles. The largest absolute Gasteiger partial charge is 0.299 e. The van der Waals surface area contributed by atoms with Crippen molar-refractivity contribution in [1.82, 2.24) is 0 Å². The van der Waals surface area contributed by atoms with Crippen LogP contribution in [-0.4, -0.2) is 5.78 Å². The molecule has 0 aromatic rings. The lowest BCUT2D eigenvalue weighted by Gasteiger charge is -2.41. The average Bonchev–Trinajstić information content (AvgIpc) is 2.64. The fraction of sp³-hybridized carbons (Fsp3) is 0.933. The standard InChI is InChI=1S/C15H24O/c1-10-5-6-14(4)8-12(16)11-7-13(2,3)9-15(10,11)14/h10-11H,5-9H2,1-4H3/t10-,11-,14-,15?/m1/s1. The van der Waals surface area contributed by atoms with Crippen molar-refractivity contribution < 1.29 is 4.79 Å². The maximum absolute atomic E-state index is 12.3. The molecular weight excluding hydrogens is 196 g/mol. The van der Waals surface area contributed by atoms with Gasteiger partial charge >= 0.3 is 0 Å². The van der Waals surface area contributed by atoms with Crippen molar-refractivity contribution in [3.05, 3.63) is 0 Å². The van der Waals surface area contributed by atoms with Crippen molar-refractivity contribution in [3.63, 3.8) is 0 Å². The maximum Gasteiger partial charge on any atom is 0.137 e. The number of ketones is 1. The summed E-state index contributed by atoms with van der Waals surface area (Å²) >= 11 is 0. The molecule has 0 aliphatic heterocycles. The van der Waals surface area contributed by atoms with Crippen molar-refractivity contribution >= 4 is 5.78 Å². The van der Waals surface area contributed by atoms with E-state index in [4.69, 9.17) is 0 Å². The van der Waals surface area contributed by atoms with E-state index in [1.54, 1.807) is 0 Å². The summed E-state index contributed by atoms with van der Waals surface area (Å²) in [6.45, 7) is 9.52. The lowest BCUT2D eigenvalue weighted by molar-refractivity contribution is -0.122. The van der Waals surface area contributed by atoms with Crippen LogP contribution in [0.1, 0.15) is 59.8 Å². The van der Waals surface area contributed by atoms with Gasteiger partial charge in [0.2, 0.25) is 0 Å². The van der Waals surface area contributed by atoms with Gasteiger partial charge in [0.05, 0.1) is 0 Å². The highest BCUT2D eigenvalue weighted by Crippen LogP contribution is 2.74. The van der Waals surface area contributed by atoms with Gasteiger partial charge in [-0.3, -0.25) is 4.79 Å². The first-order valence-electron chi connectivity index (χ1n) is 6.84. The van der Waals surface area contributed by atoms with Gasteiger partial charge < -0.3 is 0 Å². The van der Waals surface area contributed by atoms with E-state index in [2.05, 4.69) is 27.7 Å². The molecule has 16 heavy (non-hydrogen) atoms. The number of carbonyl (C=O) groups excluding carboxylic acids is 1. The molecule has 90 valence electrons. The second-order valence-corrected chi connectivity index (χ2v) is 7.78. The molecule has 1 spiro atoms. The van der Waals surface area contributed by atoms with E-state index in [1.807, 2.05) is 0 Å². The zero-order chi connectivity index (χ0) is 11.8. The summed E-state index contributed by atoms with van der Waals surface area (Å²) in [5.41, 5.74) is 1.09. The Labute approximate surface area is 99.0 Å². The predicted octanol–water partition coefficient (Wildman–Crippen LogP) is 3.82. The second kappa shape index (κ2) is 2.73. The first-order valence-corrected chi connectivity index (χ1v) is 6.84. The monoisotopic (exact) mass is 220 g/mol. The van der Waals surface area contributed by atoms with E-state index < -0.39 is 0 Å². The fourth-order valence-corrected chi connectivity index (χ4v) is 5.66. The Kier molecular flexibility index (Phi) is 1.85. The first-order chi connectivity index (χ1) is 7.31. The Morgan fingerprint density at radius 1 is 1.25 bits per heavy atom. The minimum atomic E-state index is 0.335. The molecule has 3 aliphatic rings. The highest BCUT2D eigenvalue weighted by atomic mass is 16.1. The molecule has 3 rings (SSSR count). The van der Waals surface area contributed by atoms with Crippen LogP contribution in [0.5, 0.6) is 0 Å². The SMILES string of the molecule is C[C@@H]1CC[C@]2(C)CC(=O)[C@H]3CC(C)(C)CC132. The molecule has 0 bridgehead atoms. The molecule has 0 aromatic heterocycles. The third-order valence-corrected chi connectivity index (χ3v) is 6.23. The molecule has 1 heteroatoms. The van der Waals surface area contributed by atoms with Crippen LogP contribution >= 0.6 is 0 Å². The van der Waals surface area contributed by atoms with Crippen molar-refractivity contribution in [3.8, 4) is 0 Å². The third-order valence-electron chi connectivity index (χ3n) is 6.23. The zero-order valence-electron chi connectivity index (χ0n) is 11.1. The van der Waals surface area contributed by atoms with E-state index in [1.165, 1.54) is 19.3 Å². The molecule has 0 N–H and O–H groups in total. The Morgan fingerprint density at radius 2 is 1.94 bits per heavy atom. The van der Waals surface area contributed by atoms with Crippen molar-refractivity contribution in [2.75, 3.05) is 0 Å². The third kappa shape index (κ3) is 1.01. The van der Waals surface area contributed by atoms with E-state index >= 15 is 0 Å². The summed E-state index contributed by atoms with van der Waals surface area (Å²) in [6.07, 6.45) is 5.93. The van der Waals surface area contributed by atoms with Crippen LogP contribution in [0.15, 0.2) is 0 Å². The molecule has 0 saturated heterocycles. The van der Waals surface area contributed by atoms with Crippen LogP contribution in [-0.2, 0) is 4.79 Å². The van der Waals surface area contributed by atoms with Crippen LogP contribution < -0.4 is 0 Å². The first kappa shape index (κ1) is 10.8. The number of hydrogen-bond donors (Lipinski definition) is 0. The van der Waals surface area contributed by atoms with E-state index in [0.29, 0.717) is 27.9 Å². The normalized spacial score (nSPS) is 54.1. The Hall–Kier alpha value is -0.330. The molecule has 0 amide bonds. The Bertz CT molecular complexity index is 356. The van der Waals surface area contributed by atoms with Crippen molar-refractivity contribution in [2.24, 2.45) is 28.1 Å². The van der Waals surface area contributed by atoms with Crippen molar-refractivity contribution in [2.45, 2.75) is 59.8 Å². The Balaban J connectivity index is 2.12. The number of rotatable bonds is 0. The lowest BCUT2D eigenvalue weighted by atomic mass is 9.62. The fourth-order valence-electron chi connectivity index (χ4n) is 5.66. The van der Waals surface area contributed by atoms with Gasteiger partial charge in [0.15, 0.2) is 0 Å². The van der Waals surface area contributed by atoms with E-state index in [-0.39, 0.29) is 0 Å². The summed E-state index contributed by atoms with van der Waals surface area (Å²) in [5, 5.41) is 0. The zero-order valence-corrected chi connectivity index (χ0v) is 11.1. The molecule has 0 radical (unpaired) electrons. The van der Waals surface area contributed by atoms with Gasteiger partial charge in [-0.25, -0.2) is 0 Å². The number of carbonyl (C=O) groups is 1. The Morgan fingerprint density at radius 3 is 2.62 bits per heavy atom. The van der Waals surface area contributed by atoms with Gasteiger partial charge in [-0.1, -0.05) is 27.7 Å². The molecule has 4 atom stereocenters. The van der Waals surface area contributed by atoms with Crippen LogP contribution in [0.2, 0.25) is 0 Å². The molecular formula is C15H24O. The van der Waals surface area contributed by atoms with Crippen LogP contribution in [0.4, 0.5) is 0 Å². The summed E-state index contributed by atoms with van der Waals surface area (Å²) < 4.78 is 0. The maximum atomic E-state index is 12.3. The molecule has 3 saturated carbocycles. The van der Waals surface area contributed by atoms with Gasteiger partial charge in [-0.15, -0.1) is 0 Å². The minimum absolute atomic E-state index is 0.335.